The summed E-state index contributed by atoms with van der Waals surface area (Å²) in [5.74, 6) is -0.390. The predicted molar refractivity (Wildman–Crippen MR) is 146 cm³/mol. The maximum atomic E-state index is 13.2. The summed E-state index contributed by atoms with van der Waals surface area (Å²) < 4.78 is 25.6. The Kier molecular flexibility index (Phi) is 9.52. The summed E-state index contributed by atoms with van der Waals surface area (Å²) in [5, 5.41) is 9.99. The van der Waals surface area contributed by atoms with Crippen molar-refractivity contribution in [1.82, 2.24) is 20.2 Å². The summed E-state index contributed by atoms with van der Waals surface area (Å²) >= 11 is 0. The Morgan fingerprint density at radius 2 is 1.70 bits per heavy atom. The first-order valence-electron chi connectivity index (χ1n) is 12.3. The number of hydrogen-bond acceptors (Lipinski definition) is 7. The van der Waals surface area contributed by atoms with Gasteiger partial charge in [-0.1, -0.05) is 44.2 Å². The van der Waals surface area contributed by atoms with Crippen LogP contribution < -0.4 is 15.4 Å². The zero-order valence-electron chi connectivity index (χ0n) is 22.2. The topological polar surface area (TPSA) is 114 Å². The molecule has 0 spiro atoms. The zero-order valence-corrected chi connectivity index (χ0v) is 23.1. The molecule has 1 aliphatic rings. The molecule has 202 valence electrons. The van der Waals surface area contributed by atoms with E-state index < -0.39 is 10.0 Å². The van der Waals surface area contributed by atoms with E-state index in [0.29, 0.717) is 37.6 Å². The molecule has 2 aromatic rings. The van der Waals surface area contributed by atoms with E-state index in [1.54, 1.807) is 35.2 Å². The second-order valence-electron chi connectivity index (χ2n) is 9.69. The van der Waals surface area contributed by atoms with Gasteiger partial charge in [-0.25, -0.2) is 13.4 Å². The van der Waals surface area contributed by atoms with Crippen LogP contribution >= 0.6 is 0 Å². The molecule has 0 saturated carbocycles. The van der Waals surface area contributed by atoms with E-state index >= 15 is 0 Å². The Morgan fingerprint density at radius 1 is 1.05 bits per heavy atom. The monoisotopic (exact) mass is 530 g/mol. The highest BCUT2D eigenvalue weighted by Crippen LogP contribution is 2.23. The van der Waals surface area contributed by atoms with Crippen molar-refractivity contribution < 1.29 is 18.0 Å². The van der Waals surface area contributed by atoms with Gasteiger partial charge in [-0.15, -0.1) is 0 Å². The Balaban J connectivity index is 1.65. The first-order chi connectivity index (χ1) is 17.4. The number of hydrazine groups is 1. The summed E-state index contributed by atoms with van der Waals surface area (Å²) in [5.41, 5.74) is 4.31. The standard InChI is InChI=1S/C26H38N6O4S/c1-19(2)27-12-13-31(18-26(34)30(4)32-16-21-8-6-7-9-22(21)17-32)25(33)15-28-24-14-23(11-10-20(24)3)29-37(5,35)36/h6-11,14,19,27-29H,12-13,15-18H2,1-5H3. The van der Waals surface area contributed by atoms with Gasteiger partial charge >= 0.3 is 0 Å². The highest BCUT2D eigenvalue weighted by atomic mass is 32.2. The molecule has 37 heavy (non-hydrogen) atoms. The Morgan fingerprint density at radius 3 is 2.30 bits per heavy atom. The molecule has 1 aliphatic heterocycles. The van der Waals surface area contributed by atoms with Crippen molar-refractivity contribution in [3.8, 4) is 0 Å². The number of hydrogen-bond donors (Lipinski definition) is 3. The van der Waals surface area contributed by atoms with E-state index in [1.165, 1.54) is 11.1 Å². The van der Waals surface area contributed by atoms with Crippen LogP contribution in [0.25, 0.3) is 0 Å². The molecule has 0 atom stereocenters. The van der Waals surface area contributed by atoms with Crippen molar-refractivity contribution in [1.29, 1.82) is 0 Å². The molecular weight excluding hydrogens is 492 g/mol. The molecule has 0 fully saturated rings. The first-order valence-corrected chi connectivity index (χ1v) is 14.2. The van der Waals surface area contributed by atoms with Gasteiger partial charge in [-0.05, 0) is 35.7 Å². The summed E-state index contributed by atoms with van der Waals surface area (Å²) in [6, 6.07) is 13.5. The van der Waals surface area contributed by atoms with E-state index in [4.69, 9.17) is 0 Å². The van der Waals surface area contributed by atoms with Crippen LogP contribution in [0.2, 0.25) is 0 Å². The van der Waals surface area contributed by atoms with Crippen LogP contribution in [0.5, 0.6) is 0 Å². The Bertz CT molecular complexity index is 1190. The van der Waals surface area contributed by atoms with Gasteiger partial charge in [0, 0.05) is 45.0 Å². The number of carbonyl (C=O) groups excluding carboxylic acids is 2. The van der Waals surface area contributed by atoms with Crippen molar-refractivity contribution in [3.05, 3.63) is 59.2 Å². The number of rotatable bonds is 12. The lowest BCUT2D eigenvalue weighted by molar-refractivity contribution is -0.151. The number of benzene rings is 2. The SMILES string of the molecule is Cc1ccc(NS(C)(=O)=O)cc1NCC(=O)N(CCNC(C)C)CC(=O)N(C)N1Cc2ccccc2C1. The van der Waals surface area contributed by atoms with Crippen LogP contribution in [0.15, 0.2) is 42.5 Å². The summed E-state index contributed by atoms with van der Waals surface area (Å²) in [6.45, 7) is 8.09. The van der Waals surface area contributed by atoms with Crippen molar-refractivity contribution >= 4 is 33.2 Å². The van der Waals surface area contributed by atoms with Crippen molar-refractivity contribution in [2.75, 3.05) is 49.5 Å². The van der Waals surface area contributed by atoms with Gasteiger partial charge in [0.25, 0.3) is 5.91 Å². The Labute approximate surface area is 220 Å². The molecule has 2 amide bonds. The van der Waals surface area contributed by atoms with Crippen LogP contribution in [0, 0.1) is 6.92 Å². The molecular formula is C26H38N6O4S. The predicted octanol–water partition coefficient (Wildman–Crippen LogP) is 1.99. The maximum absolute atomic E-state index is 13.2. The van der Waals surface area contributed by atoms with E-state index in [9.17, 15) is 18.0 Å². The molecule has 10 nitrogen and oxygen atoms in total. The number of nitrogens with one attached hydrogen (secondary N) is 3. The van der Waals surface area contributed by atoms with Crippen LogP contribution in [0.4, 0.5) is 11.4 Å². The number of amides is 2. The van der Waals surface area contributed by atoms with Crippen LogP contribution in [-0.4, -0.2) is 80.7 Å². The molecule has 0 aromatic heterocycles. The van der Waals surface area contributed by atoms with E-state index in [1.807, 2.05) is 37.9 Å². The van der Waals surface area contributed by atoms with Crippen molar-refractivity contribution in [3.63, 3.8) is 0 Å². The van der Waals surface area contributed by atoms with Gasteiger partial charge < -0.3 is 15.5 Å². The average Bonchev–Trinajstić information content (AvgIpc) is 3.26. The smallest absolute Gasteiger partial charge is 0.256 e. The minimum Gasteiger partial charge on any atom is -0.376 e. The summed E-state index contributed by atoms with van der Waals surface area (Å²) in [4.78, 5) is 28.0. The lowest BCUT2D eigenvalue weighted by Crippen LogP contribution is -2.49. The quantitative estimate of drug-likeness (QED) is 0.385. The lowest BCUT2D eigenvalue weighted by Gasteiger charge is -2.31. The highest BCUT2D eigenvalue weighted by Gasteiger charge is 2.27. The van der Waals surface area contributed by atoms with Gasteiger partial charge in [-0.3, -0.25) is 19.3 Å². The fourth-order valence-corrected chi connectivity index (χ4v) is 4.66. The normalized spacial score (nSPS) is 13.4. The number of carbonyl (C=O) groups is 2. The minimum atomic E-state index is -3.42. The molecule has 0 bridgehead atoms. The molecule has 0 saturated heterocycles. The number of likely N-dealkylation sites (N-methyl/N-ethyl adjacent to an activating group) is 1. The third kappa shape index (κ3) is 8.44. The summed E-state index contributed by atoms with van der Waals surface area (Å²) in [7, 11) is -1.68. The number of fused-ring (bicyclic) bond motifs is 1. The molecule has 11 heteroatoms. The van der Waals surface area contributed by atoms with Gasteiger partial charge in [0.15, 0.2) is 0 Å². The van der Waals surface area contributed by atoms with E-state index in [-0.39, 0.29) is 30.9 Å². The molecule has 0 aliphatic carbocycles. The van der Waals surface area contributed by atoms with Gasteiger partial charge in [0.1, 0.15) is 6.54 Å². The molecule has 3 N–H and O–H groups in total. The lowest BCUT2D eigenvalue weighted by atomic mass is 10.1. The minimum absolute atomic E-state index is 0.0308. The number of sulfonamides is 1. The highest BCUT2D eigenvalue weighted by molar-refractivity contribution is 7.92. The summed E-state index contributed by atoms with van der Waals surface area (Å²) in [6.07, 6.45) is 1.08. The molecule has 0 unspecified atom stereocenters. The van der Waals surface area contributed by atoms with Gasteiger partial charge in [-0.2, -0.15) is 0 Å². The number of anilines is 2. The maximum Gasteiger partial charge on any atom is 0.256 e. The second-order valence-corrected chi connectivity index (χ2v) is 11.4. The van der Waals surface area contributed by atoms with E-state index in [0.717, 1.165) is 11.8 Å². The fraction of sp³-hybridized carbons (Fsp3) is 0.462. The fourth-order valence-electron chi connectivity index (χ4n) is 4.10. The van der Waals surface area contributed by atoms with E-state index in [2.05, 4.69) is 27.5 Å². The van der Waals surface area contributed by atoms with Crippen LogP contribution in [0.1, 0.15) is 30.5 Å². The van der Waals surface area contributed by atoms with Crippen LogP contribution in [-0.2, 0) is 32.7 Å². The number of nitrogens with zero attached hydrogens (tertiary/aromatic N) is 3. The third-order valence-electron chi connectivity index (χ3n) is 6.19. The second kappa shape index (κ2) is 12.4. The molecule has 3 rings (SSSR count). The molecule has 1 heterocycles. The molecule has 0 radical (unpaired) electrons. The average molecular weight is 531 g/mol. The Hall–Kier alpha value is -3.15. The van der Waals surface area contributed by atoms with Crippen molar-refractivity contribution in [2.45, 2.75) is 39.9 Å². The van der Waals surface area contributed by atoms with Gasteiger partial charge in [0.2, 0.25) is 15.9 Å². The van der Waals surface area contributed by atoms with Crippen molar-refractivity contribution in [2.24, 2.45) is 0 Å². The van der Waals surface area contributed by atoms with Crippen LogP contribution in [0.3, 0.4) is 0 Å². The van der Waals surface area contributed by atoms with Gasteiger partial charge in [0.05, 0.1) is 18.5 Å². The third-order valence-corrected chi connectivity index (χ3v) is 6.80. The molecule has 2 aromatic carbocycles. The largest absolute Gasteiger partial charge is 0.376 e. The first kappa shape index (κ1) is 28.4. The number of aryl methyl sites for hydroxylation is 1. The zero-order chi connectivity index (χ0) is 27.2.